The van der Waals surface area contributed by atoms with Crippen molar-refractivity contribution < 1.29 is 0 Å². The Morgan fingerprint density at radius 3 is 2.65 bits per heavy atom. The second kappa shape index (κ2) is 5.80. The van der Waals surface area contributed by atoms with E-state index in [-0.39, 0.29) is 0 Å². The summed E-state index contributed by atoms with van der Waals surface area (Å²) in [7, 11) is 0. The monoisotopic (exact) mass is 269 g/mol. The van der Waals surface area contributed by atoms with Crippen molar-refractivity contribution in [3.05, 3.63) is 41.3 Å². The van der Waals surface area contributed by atoms with Crippen LogP contribution in [0.25, 0.3) is 11.3 Å². The Labute approximate surface area is 120 Å². The van der Waals surface area contributed by atoms with E-state index in [2.05, 4.69) is 48.4 Å². The molecule has 3 rings (SSSR count). The maximum absolute atomic E-state index is 4.73. The summed E-state index contributed by atoms with van der Waals surface area (Å²) in [5.74, 6) is 1.95. The zero-order valence-corrected chi connectivity index (χ0v) is 12.4. The minimum absolute atomic E-state index is 0.838. The average molecular weight is 269 g/mol. The molecule has 0 aliphatic heterocycles. The summed E-state index contributed by atoms with van der Waals surface area (Å²) >= 11 is 0. The van der Waals surface area contributed by atoms with Crippen LogP contribution in [-0.2, 0) is 13.0 Å². The maximum Gasteiger partial charge on any atom is 0.121 e. The lowest BCUT2D eigenvalue weighted by Gasteiger charge is -2.01. The van der Waals surface area contributed by atoms with Crippen LogP contribution in [0.5, 0.6) is 0 Å². The van der Waals surface area contributed by atoms with E-state index in [0.29, 0.717) is 0 Å². The van der Waals surface area contributed by atoms with Crippen LogP contribution in [-0.4, -0.2) is 16.5 Å². The summed E-state index contributed by atoms with van der Waals surface area (Å²) in [6.07, 6.45) is 3.86. The van der Waals surface area contributed by atoms with Crippen LogP contribution in [0.15, 0.2) is 24.3 Å². The number of aromatic amines is 1. The largest absolute Gasteiger partial charge is 0.344 e. The second-order valence-electron chi connectivity index (χ2n) is 5.78. The van der Waals surface area contributed by atoms with Crippen molar-refractivity contribution in [3.8, 4) is 11.3 Å². The van der Waals surface area contributed by atoms with Gasteiger partial charge in [-0.15, -0.1) is 0 Å². The van der Waals surface area contributed by atoms with Crippen molar-refractivity contribution >= 4 is 0 Å². The fourth-order valence-electron chi connectivity index (χ4n) is 2.50. The van der Waals surface area contributed by atoms with Crippen molar-refractivity contribution in [1.29, 1.82) is 0 Å². The van der Waals surface area contributed by atoms with E-state index in [1.54, 1.807) is 0 Å². The Morgan fingerprint density at radius 2 is 2.00 bits per heavy atom. The molecule has 0 amide bonds. The fourth-order valence-corrected chi connectivity index (χ4v) is 2.50. The molecular weight excluding hydrogens is 246 g/mol. The van der Waals surface area contributed by atoms with Gasteiger partial charge in [-0.1, -0.05) is 31.2 Å². The molecule has 0 atom stereocenters. The quantitative estimate of drug-likeness (QED) is 0.843. The van der Waals surface area contributed by atoms with Gasteiger partial charge in [0.1, 0.15) is 5.82 Å². The molecule has 0 bridgehead atoms. The third-order valence-corrected chi connectivity index (χ3v) is 3.99. The van der Waals surface area contributed by atoms with E-state index in [4.69, 9.17) is 4.98 Å². The minimum atomic E-state index is 0.838. The Bertz CT molecular complexity index is 564. The van der Waals surface area contributed by atoms with Gasteiger partial charge in [-0.25, -0.2) is 4.98 Å². The summed E-state index contributed by atoms with van der Waals surface area (Å²) in [5.41, 5.74) is 4.80. The Morgan fingerprint density at radius 1 is 1.25 bits per heavy atom. The number of aryl methyl sites for hydroxylation is 2. The van der Waals surface area contributed by atoms with Crippen LogP contribution in [0.2, 0.25) is 0 Å². The number of rotatable bonds is 6. The van der Waals surface area contributed by atoms with Gasteiger partial charge in [0.15, 0.2) is 0 Å². The van der Waals surface area contributed by atoms with Gasteiger partial charge in [0.05, 0.1) is 12.2 Å². The molecule has 1 aromatic heterocycles. The molecule has 1 aliphatic carbocycles. The molecular formula is C17H23N3. The van der Waals surface area contributed by atoms with Crippen molar-refractivity contribution in [2.24, 2.45) is 5.92 Å². The highest BCUT2D eigenvalue weighted by Gasteiger charge is 2.20. The second-order valence-corrected chi connectivity index (χ2v) is 5.78. The van der Waals surface area contributed by atoms with E-state index in [1.165, 1.54) is 24.0 Å². The van der Waals surface area contributed by atoms with Gasteiger partial charge in [-0.05, 0) is 44.2 Å². The number of hydrogen-bond acceptors (Lipinski definition) is 2. The highest BCUT2D eigenvalue weighted by atomic mass is 15.0. The van der Waals surface area contributed by atoms with Crippen LogP contribution in [0.1, 0.15) is 36.8 Å². The number of benzene rings is 1. The Balaban J connectivity index is 1.69. The summed E-state index contributed by atoms with van der Waals surface area (Å²) in [6.45, 7) is 6.24. The van der Waals surface area contributed by atoms with E-state index in [1.807, 2.05) is 0 Å². The van der Waals surface area contributed by atoms with Crippen molar-refractivity contribution in [2.45, 2.75) is 39.7 Å². The maximum atomic E-state index is 4.73. The molecule has 1 heterocycles. The SMILES string of the molecule is CCc1ccc(-c2nc(CNCC3CC3)[nH]c2C)cc1. The first kappa shape index (κ1) is 13.4. The van der Waals surface area contributed by atoms with Crippen LogP contribution < -0.4 is 5.32 Å². The topological polar surface area (TPSA) is 40.7 Å². The summed E-state index contributed by atoms with van der Waals surface area (Å²) < 4.78 is 0. The fraction of sp³-hybridized carbons (Fsp3) is 0.471. The lowest BCUT2D eigenvalue weighted by Crippen LogP contribution is -2.16. The van der Waals surface area contributed by atoms with E-state index in [0.717, 1.165) is 42.6 Å². The zero-order chi connectivity index (χ0) is 13.9. The van der Waals surface area contributed by atoms with Gasteiger partial charge >= 0.3 is 0 Å². The molecule has 1 aliphatic rings. The number of imidazole rings is 1. The standard InChI is InChI=1S/C17H23N3/c1-3-13-6-8-15(9-7-13)17-12(2)19-16(20-17)11-18-10-14-4-5-14/h6-9,14,18H,3-5,10-11H2,1-2H3,(H,19,20). The molecule has 106 valence electrons. The molecule has 1 aromatic carbocycles. The molecule has 2 N–H and O–H groups in total. The first-order valence-corrected chi connectivity index (χ1v) is 7.61. The lowest BCUT2D eigenvalue weighted by atomic mass is 10.1. The molecule has 20 heavy (non-hydrogen) atoms. The number of nitrogens with one attached hydrogen (secondary N) is 2. The van der Waals surface area contributed by atoms with Gasteiger partial charge in [-0.2, -0.15) is 0 Å². The molecule has 2 aromatic rings. The van der Waals surface area contributed by atoms with Crippen LogP contribution in [0, 0.1) is 12.8 Å². The van der Waals surface area contributed by atoms with Crippen molar-refractivity contribution in [2.75, 3.05) is 6.54 Å². The van der Waals surface area contributed by atoms with Crippen molar-refractivity contribution in [1.82, 2.24) is 15.3 Å². The molecule has 0 saturated heterocycles. The predicted molar refractivity (Wildman–Crippen MR) is 82.6 cm³/mol. The summed E-state index contributed by atoms with van der Waals surface area (Å²) in [4.78, 5) is 8.13. The highest BCUT2D eigenvalue weighted by Crippen LogP contribution is 2.27. The number of nitrogens with zero attached hydrogens (tertiary/aromatic N) is 1. The van der Waals surface area contributed by atoms with E-state index < -0.39 is 0 Å². The molecule has 0 unspecified atom stereocenters. The molecule has 0 radical (unpaired) electrons. The normalized spacial score (nSPS) is 14.7. The molecule has 0 spiro atoms. The third-order valence-electron chi connectivity index (χ3n) is 3.99. The predicted octanol–water partition coefficient (Wildman–Crippen LogP) is 3.45. The van der Waals surface area contributed by atoms with Crippen LogP contribution >= 0.6 is 0 Å². The smallest absolute Gasteiger partial charge is 0.121 e. The molecule has 1 saturated carbocycles. The van der Waals surface area contributed by atoms with Crippen LogP contribution in [0.4, 0.5) is 0 Å². The van der Waals surface area contributed by atoms with E-state index >= 15 is 0 Å². The zero-order valence-electron chi connectivity index (χ0n) is 12.4. The number of aromatic nitrogens is 2. The van der Waals surface area contributed by atoms with Gasteiger partial charge in [-0.3, -0.25) is 0 Å². The number of H-pyrrole nitrogens is 1. The van der Waals surface area contributed by atoms with Crippen molar-refractivity contribution in [3.63, 3.8) is 0 Å². The summed E-state index contributed by atoms with van der Waals surface area (Å²) in [6, 6.07) is 8.72. The summed E-state index contributed by atoms with van der Waals surface area (Å²) in [5, 5.41) is 3.48. The van der Waals surface area contributed by atoms with Gasteiger partial charge < -0.3 is 10.3 Å². The molecule has 3 nitrogen and oxygen atoms in total. The number of hydrogen-bond donors (Lipinski definition) is 2. The molecule has 3 heteroatoms. The van der Waals surface area contributed by atoms with Gasteiger partial charge in [0, 0.05) is 11.3 Å². The average Bonchev–Trinajstić information content (AvgIpc) is 3.21. The molecule has 1 fully saturated rings. The third kappa shape index (κ3) is 3.10. The Hall–Kier alpha value is -1.61. The lowest BCUT2D eigenvalue weighted by molar-refractivity contribution is 0.623. The van der Waals surface area contributed by atoms with Crippen LogP contribution in [0.3, 0.4) is 0 Å². The van der Waals surface area contributed by atoms with Gasteiger partial charge in [0.2, 0.25) is 0 Å². The highest BCUT2D eigenvalue weighted by molar-refractivity contribution is 5.62. The van der Waals surface area contributed by atoms with E-state index in [9.17, 15) is 0 Å². The minimum Gasteiger partial charge on any atom is -0.344 e. The van der Waals surface area contributed by atoms with Gasteiger partial charge in [0.25, 0.3) is 0 Å². The first-order valence-electron chi connectivity index (χ1n) is 7.61. The Kier molecular flexibility index (Phi) is 3.88. The first-order chi connectivity index (χ1) is 9.76.